The fourth-order valence-corrected chi connectivity index (χ4v) is 3.67. The van der Waals surface area contributed by atoms with Gasteiger partial charge in [-0.15, -0.1) is 0 Å². The standard InChI is InChI=1S/C21H28N2O4/c1-15-12-23(20(25)27-21(2,3)4)18-13-22(11-10-17(15)18)19(24)26-14-16-8-6-5-7-9-16/h5-9,17-18H,1,10-14H2,2-4H3/t17-,18-/m1/s1. The summed E-state index contributed by atoms with van der Waals surface area (Å²) in [6.07, 6.45) is 0.0815. The Bertz CT molecular complexity index is 711. The Hall–Kier alpha value is -2.50. The highest BCUT2D eigenvalue weighted by molar-refractivity contribution is 5.71. The van der Waals surface area contributed by atoms with Crippen molar-refractivity contribution in [2.75, 3.05) is 19.6 Å². The third-order valence-corrected chi connectivity index (χ3v) is 4.97. The van der Waals surface area contributed by atoms with E-state index < -0.39 is 5.60 Å². The van der Waals surface area contributed by atoms with Gasteiger partial charge in [-0.25, -0.2) is 9.59 Å². The van der Waals surface area contributed by atoms with E-state index in [2.05, 4.69) is 6.58 Å². The van der Waals surface area contributed by atoms with Gasteiger partial charge in [-0.05, 0) is 32.8 Å². The first-order valence-corrected chi connectivity index (χ1v) is 9.37. The molecule has 0 bridgehead atoms. The molecule has 27 heavy (non-hydrogen) atoms. The number of hydrogen-bond donors (Lipinski definition) is 0. The van der Waals surface area contributed by atoms with Crippen molar-refractivity contribution in [3.63, 3.8) is 0 Å². The molecule has 2 aliphatic heterocycles. The minimum atomic E-state index is -0.556. The van der Waals surface area contributed by atoms with Crippen molar-refractivity contribution < 1.29 is 19.1 Å². The molecule has 2 aliphatic rings. The number of nitrogens with zero attached hydrogens (tertiary/aromatic N) is 2. The summed E-state index contributed by atoms with van der Waals surface area (Å²) in [5.74, 6) is 0.204. The Morgan fingerprint density at radius 1 is 1.19 bits per heavy atom. The van der Waals surface area contributed by atoms with Crippen molar-refractivity contribution in [2.45, 2.75) is 45.4 Å². The predicted molar refractivity (Wildman–Crippen MR) is 102 cm³/mol. The number of fused-ring (bicyclic) bond motifs is 1. The first kappa shape index (κ1) is 19.3. The summed E-state index contributed by atoms with van der Waals surface area (Å²) in [4.78, 5) is 28.5. The van der Waals surface area contributed by atoms with Crippen molar-refractivity contribution >= 4 is 12.2 Å². The largest absolute Gasteiger partial charge is 0.445 e. The van der Waals surface area contributed by atoms with E-state index in [9.17, 15) is 9.59 Å². The zero-order valence-corrected chi connectivity index (χ0v) is 16.3. The third-order valence-electron chi connectivity index (χ3n) is 4.97. The highest BCUT2D eigenvalue weighted by Gasteiger charge is 2.45. The second kappa shape index (κ2) is 7.62. The van der Waals surface area contributed by atoms with E-state index in [1.807, 2.05) is 51.1 Å². The monoisotopic (exact) mass is 372 g/mol. The molecule has 0 aliphatic carbocycles. The zero-order valence-electron chi connectivity index (χ0n) is 16.3. The molecule has 0 aromatic heterocycles. The molecule has 2 atom stereocenters. The fourth-order valence-electron chi connectivity index (χ4n) is 3.67. The molecule has 2 fully saturated rings. The molecule has 2 saturated heterocycles. The topological polar surface area (TPSA) is 59.1 Å². The van der Waals surface area contributed by atoms with Crippen molar-refractivity contribution in [1.29, 1.82) is 0 Å². The highest BCUT2D eigenvalue weighted by Crippen LogP contribution is 2.35. The predicted octanol–water partition coefficient (Wildman–Crippen LogP) is 3.82. The molecule has 6 nitrogen and oxygen atoms in total. The maximum atomic E-state index is 12.6. The molecule has 6 heteroatoms. The number of ether oxygens (including phenoxy) is 2. The van der Waals surface area contributed by atoms with Crippen LogP contribution >= 0.6 is 0 Å². The van der Waals surface area contributed by atoms with Crippen molar-refractivity contribution in [2.24, 2.45) is 5.92 Å². The van der Waals surface area contributed by atoms with Crippen LogP contribution in [0.15, 0.2) is 42.5 Å². The third kappa shape index (κ3) is 4.62. The zero-order chi connectivity index (χ0) is 19.6. The van der Waals surface area contributed by atoms with E-state index in [0.717, 1.165) is 17.6 Å². The lowest BCUT2D eigenvalue weighted by Gasteiger charge is -2.38. The summed E-state index contributed by atoms with van der Waals surface area (Å²) in [5.41, 5.74) is 1.42. The molecule has 2 amide bonds. The van der Waals surface area contributed by atoms with E-state index in [1.165, 1.54) is 0 Å². The Kier molecular flexibility index (Phi) is 5.44. The molecule has 1 aromatic carbocycles. The number of likely N-dealkylation sites (tertiary alicyclic amines) is 2. The quantitative estimate of drug-likeness (QED) is 0.741. The second-order valence-electron chi connectivity index (χ2n) is 8.22. The van der Waals surface area contributed by atoms with Crippen LogP contribution in [0.5, 0.6) is 0 Å². The smallest absolute Gasteiger partial charge is 0.410 e. The SMILES string of the molecule is C=C1CN(C(=O)OC(C)(C)C)[C@@H]2CN(C(=O)OCc3ccccc3)CC[C@H]12. The minimum Gasteiger partial charge on any atom is -0.445 e. The Morgan fingerprint density at radius 3 is 2.56 bits per heavy atom. The summed E-state index contributed by atoms with van der Waals surface area (Å²) in [6.45, 7) is 11.4. The maximum Gasteiger partial charge on any atom is 0.410 e. The van der Waals surface area contributed by atoms with Crippen molar-refractivity contribution in [1.82, 2.24) is 9.80 Å². The van der Waals surface area contributed by atoms with Gasteiger partial charge in [-0.3, -0.25) is 4.90 Å². The summed E-state index contributed by atoms with van der Waals surface area (Å²) in [6, 6.07) is 9.49. The van der Waals surface area contributed by atoms with Crippen LogP contribution in [-0.2, 0) is 16.1 Å². The number of hydrogen-bond acceptors (Lipinski definition) is 4. The Balaban J connectivity index is 1.62. The van der Waals surface area contributed by atoms with Gasteiger partial charge in [0.25, 0.3) is 0 Å². The molecular weight excluding hydrogens is 344 g/mol. The molecule has 146 valence electrons. The van der Waals surface area contributed by atoms with Crippen molar-refractivity contribution in [3.05, 3.63) is 48.0 Å². The van der Waals surface area contributed by atoms with E-state index in [4.69, 9.17) is 9.47 Å². The normalized spacial score (nSPS) is 22.4. The summed E-state index contributed by atoms with van der Waals surface area (Å²) < 4.78 is 11.0. The number of piperidine rings is 1. The number of benzene rings is 1. The molecular formula is C21H28N2O4. The van der Waals surface area contributed by atoms with Gasteiger partial charge in [0.15, 0.2) is 0 Å². The summed E-state index contributed by atoms with van der Waals surface area (Å²) in [5, 5.41) is 0. The molecule has 1 aromatic rings. The number of amides is 2. The molecule has 0 spiro atoms. The molecule has 0 unspecified atom stereocenters. The van der Waals surface area contributed by atoms with Gasteiger partial charge in [0.1, 0.15) is 12.2 Å². The van der Waals surface area contributed by atoms with Gasteiger partial charge >= 0.3 is 12.2 Å². The highest BCUT2D eigenvalue weighted by atomic mass is 16.6. The van der Waals surface area contributed by atoms with Gasteiger partial charge in [0.2, 0.25) is 0 Å². The summed E-state index contributed by atoms with van der Waals surface area (Å²) in [7, 11) is 0. The van der Waals surface area contributed by atoms with Crippen LogP contribution in [0.1, 0.15) is 32.8 Å². The number of carbonyl (C=O) groups is 2. The lowest BCUT2D eigenvalue weighted by molar-refractivity contribution is 0.0108. The minimum absolute atomic E-state index is 0.106. The molecule has 0 saturated carbocycles. The number of carbonyl (C=O) groups excluding carboxylic acids is 2. The van der Waals surface area contributed by atoms with E-state index >= 15 is 0 Å². The van der Waals surface area contributed by atoms with Crippen LogP contribution in [0.2, 0.25) is 0 Å². The van der Waals surface area contributed by atoms with Crippen molar-refractivity contribution in [3.8, 4) is 0 Å². The van der Waals surface area contributed by atoms with E-state index in [1.54, 1.807) is 9.80 Å². The maximum absolute atomic E-state index is 12.6. The van der Waals surface area contributed by atoms with Crippen LogP contribution in [0, 0.1) is 5.92 Å². The van der Waals surface area contributed by atoms with Gasteiger partial charge in [0.05, 0.1) is 6.04 Å². The molecule has 0 radical (unpaired) electrons. The lowest BCUT2D eigenvalue weighted by atomic mass is 9.90. The van der Waals surface area contributed by atoms with Crippen LogP contribution in [0.3, 0.4) is 0 Å². The molecule has 2 heterocycles. The molecule has 0 N–H and O–H groups in total. The van der Waals surface area contributed by atoms with E-state index in [-0.39, 0.29) is 30.8 Å². The van der Waals surface area contributed by atoms with Gasteiger partial charge < -0.3 is 14.4 Å². The lowest BCUT2D eigenvalue weighted by Crippen LogP contribution is -2.52. The Morgan fingerprint density at radius 2 is 1.89 bits per heavy atom. The second-order valence-corrected chi connectivity index (χ2v) is 8.22. The van der Waals surface area contributed by atoms with Gasteiger partial charge in [-0.2, -0.15) is 0 Å². The average molecular weight is 372 g/mol. The van der Waals surface area contributed by atoms with E-state index in [0.29, 0.717) is 19.6 Å². The van der Waals surface area contributed by atoms with Crippen LogP contribution in [0.4, 0.5) is 9.59 Å². The number of rotatable bonds is 2. The van der Waals surface area contributed by atoms with Gasteiger partial charge in [0, 0.05) is 25.6 Å². The average Bonchev–Trinajstić information content (AvgIpc) is 2.95. The summed E-state index contributed by atoms with van der Waals surface area (Å²) >= 11 is 0. The van der Waals surface area contributed by atoms with Crippen LogP contribution in [0.25, 0.3) is 0 Å². The Labute approximate surface area is 160 Å². The first-order chi connectivity index (χ1) is 12.7. The van der Waals surface area contributed by atoms with Crippen LogP contribution < -0.4 is 0 Å². The molecule has 3 rings (SSSR count). The van der Waals surface area contributed by atoms with Crippen LogP contribution in [-0.4, -0.2) is 53.3 Å². The first-order valence-electron chi connectivity index (χ1n) is 9.37. The fraction of sp³-hybridized carbons (Fsp3) is 0.524. The van der Waals surface area contributed by atoms with Gasteiger partial charge in [-0.1, -0.05) is 42.5 Å².